The molecule has 3 atom stereocenters. The van der Waals surface area contributed by atoms with Crippen molar-refractivity contribution in [2.75, 3.05) is 20.2 Å². The minimum absolute atomic E-state index is 0.0907. The van der Waals surface area contributed by atoms with Crippen LogP contribution in [0.4, 0.5) is 8.78 Å². The molecular weight excluding hydrogens is 238 g/mol. The van der Waals surface area contributed by atoms with E-state index < -0.39 is 11.6 Å². The molecule has 0 aliphatic carbocycles. The fourth-order valence-corrected chi connectivity index (χ4v) is 2.37. The number of methoxy groups -OCH3 is 1. The summed E-state index contributed by atoms with van der Waals surface area (Å²) in [6, 6.07) is 3.97. The highest BCUT2D eigenvalue weighted by Crippen LogP contribution is 2.28. The third kappa shape index (κ3) is 2.85. The lowest BCUT2D eigenvalue weighted by atomic mass is 9.93. The first kappa shape index (κ1) is 13.4. The van der Waals surface area contributed by atoms with Gasteiger partial charge in [-0.15, -0.1) is 0 Å². The van der Waals surface area contributed by atoms with E-state index in [4.69, 9.17) is 10.5 Å². The van der Waals surface area contributed by atoms with Crippen molar-refractivity contribution in [3.8, 4) is 0 Å². The average molecular weight is 256 g/mol. The van der Waals surface area contributed by atoms with Crippen molar-refractivity contribution in [2.45, 2.75) is 18.6 Å². The molecule has 1 unspecified atom stereocenters. The van der Waals surface area contributed by atoms with Gasteiger partial charge in [-0.05, 0) is 36.6 Å². The molecule has 0 saturated carbocycles. The fourth-order valence-electron chi connectivity index (χ4n) is 2.37. The second kappa shape index (κ2) is 5.73. The molecule has 0 radical (unpaired) electrons. The molecule has 1 fully saturated rings. The highest BCUT2D eigenvalue weighted by Gasteiger charge is 2.27. The second-order valence-electron chi connectivity index (χ2n) is 4.72. The molecule has 2 rings (SSSR count). The molecule has 18 heavy (non-hydrogen) atoms. The van der Waals surface area contributed by atoms with Gasteiger partial charge in [-0.3, -0.25) is 0 Å². The summed E-state index contributed by atoms with van der Waals surface area (Å²) in [5, 5.41) is 3.21. The average Bonchev–Trinajstić information content (AvgIpc) is 2.75. The predicted molar refractivity (Wildman–Crippen MR) is 65.1 cm³/mol. The van der Waals surface area contributed by atoms with Crippen LogP contribution < -0.4 is 11.1 Å². The third-order valence-corrected chi connectivity index (χ3v) is 3.51. The zero-order valence-electron chi connectivity index (χ0n) is 10.3. The van der Waals surface area contributed by atoms with Gasteiger partial charge in [0.05, 0.1) is 6.10 Å². The normalized spacial score (nSPS) is 25.3. The molecule has 3 N–H and O–H groups in total. The Hall–Kier alpha value is -1.04. The minimum Gasteiger partial charge on any atom is -0.377 e. The van der Waals surface area contributed by atoms with Gasteiger partial charge in [-0.25, -0.2) is 8.78 Å². The smallest absolute Gasteiger partial charge is 0.159 e. The number of nitrogens with two attached hydrogens (primary N) is 1. The largest absolute Gasteiger partial charge is 0.377 e. The summed E-state index contributed by atoms with van der Waals surface area (Å²) in [4.78, 5) is 0. The summed E-state index contributed by atoms with van der Waals surface area (Å²) >= 11 is 0. The van der Waals surface area contributed by atoms with E-state index in [1.165, 1.54) is 6.07 Å². The summed E-state index contributed by atoms with van der Waals surface area (Å²) in [6.07, 6.45) is 0.450. The van der Waals surface area contributed by atoms with Crippen LogP contribution in [0.2, 0.25) is 0 Å². The van der Waals surface area contributed by atoms with Crippen molar-refractivity contribution >= 4 is 0 Å². The molecular formula is C13H18F2N2O. The first-order valence-corrected chi connectivity index (χ1v) is 6.06. The van der Waals surface area contributed by atoms with Crippen LogP contribution in [-0.2, 0) is 4.74 Å². The van der Waals surface area contributed by atoms with Gasteiger partial charge in [0, 0.05) is 19.7 Å². The first-order chi connectivity index (χ1) is 8.61. The molecule has 100 valence electrons. The van der Waals surface area contributed by atoms with E-state index in [-0.39, 0.29) is 12.1 Å². The van der Waals surface area contributed by atoms with Crippen molar-refractivity contribution in [1.29, 1.82) is 0 Å². The Kier molecular flexibility index (Phi) is 4.27. The van der Waals surface area contributed by atoms with Crippen LogP contribution in [0.1, 0.15) is 18.1 Å². The van der Waals surface area contributed by atoms with Crippen molar-refractivity contribution in [3.05, 3.63) is 35.4 Å². The molecule has 1 aromatic rings. The van der Waals surface area contributed by atoms with Gasteiger partial charge in [0.2, 0.25) is 0 Å². The summed E-state index contributed by atoms with van der Waals surface area (Å²) in [7, 11) is 1.57. The van der Waals surface area contributed by atoms with Crippen molar-refractivity contribution in [2.24, 2.45) is 11.7 Å². The molecule has 1 aromatic carbocycles. The molecule has 1 aliphatic rings. The number of hydrogen-bond acceptors (Lipinski definition) is 3. The lowest BCUT2D eigenvalue weighted by molar-refractivity contribution is 0.0801. The van der Waals surface area contributed by atoms with Gasteiger partial charge in [-0.2, -0.15) is 0 Å². The van der Waals surface area contributed by atoms with Crippen LogP contribution in [0, 0.1) is 17.6 Å². The Morgan fingerprint density at radius 2 is 2.17 bits per heavy atom. The maximum absolute atomic E-state index is 13.2. The monoisotopic (exact) mass is 256 g/mol. The fraction of sp³-hybridized carbons (Fsp3) is 0.538. The van der Waals surface area contributed by atoms with Gasteiger partial charge in [0.15, 0.2) is 11.6 Å². The van der Waals surface area contributed by atoms with Gasteiger partial charge in [0.25, 0.3) is 0 Å². The molecule has 0 bridgehead atoms. The van der Waals surface area contributed by atoms with Gasteiger partial charge >= 0.3 is 0 Å². The number of halogens is 2. The Labute approximate surface area is 105 Å². The van der Waals surface area contributed by atoms with E-state index in [2.05, 4.69) is 5.32 Å². The van der Waals surface area contributed by atoms with E-state index in [9.17, 15) is 8.78 Å². The molecule has 0 aromatic heterocycles. The molecule has 0 spiro atoms. The van der Waals surface area contributed by atoms with Crippen LogP contribution in [0.25, 0.3) is 0 Å². The predicted octanol–water partition coefficient (Wildman–Crippen LogP) is 1.59. The summed E-state index contributed by atoms with van der Waals surface area (Å²) in [6.45, 7) is 1.63. The third-order valence-electron chi connectivity index (χ3n) is 3.51. The number of hydrogen-bond donors (Lipinski definition) is 2. The Balaban J connectivity index is 2.10. The quantitative estimate of drug-likeness (QED) is 0.860. The van der Waals surface area contributed by atoms with Gasteiger partial charge in [-0.1, -0.05) is 6.07 Å². The Morgan fingerprint density at radius 1 is 1.39 bits per heavy atom. The van der Waals surface area contributed by atoms with E-state index in [0.29, 0.717) is 17.9 Å². The minimum atomic E-state index is -0.844. The molecule has 1 saturated heterocycles. The van der Waals surface area contributed by atoms with E-state index in [1.807, 2.05) is 0 Å². The lowest BCUT2D eigenvalue weighted by Crippen LogP contribution is -2.30. The first-order valence-electron chi connectivity index (χ1n) is 6.06. The molecule has 0 amide bonds. The summed E-state index contributed by atoms with van der Waals surface area (Å²) in [5.41, 5.74) is 6.61. The molecule has 3 nitrogen and oxygen atoms in total. The van der Waals surface area contributed by atoms with E-state index >= 15 is 0 Å². The van der Waals surface area contributed by atoms with Crippen LogP contribution in [-0.4, -0.2) is 26.2 Å². The topological polar surface area (TPSA) is 47.3 Å². The molecule has 1 aliphatic heterocycles. The SMILES string of the molecule is COC(C[C@@H]1CNC[C@H]1N)c1ccc(F)c(F)c1. The van der Waals surface area contributed by atoms with Crippen LogP contribution in [0.5, 0.6) is 0 Å². The highest BCUT2D eigenvalue weighted by molar-refractivity contribution is 5.20. The van der Waals surface area contributed by atoms with Gasteiger partial charge in [0.1, 0.15) is 0 Å². The van der Waals surface area contributed by atoms with E-state index in [0.717, 1.165) is 19.2 Å². The zero-order chi connectivity index (χ0) is 13.1. The Morgan fingerprint density at radius 3 is 2.72 bits per heavy atom. The standard InChI is InChI=1S/C13H18F2N2O/c1-18-13(5-9-6-17-7-12(9)16)8-2-3-10(14)11(15)4-8/h2-4,9,12-13,17H,5-7,16H2,1H3/t9-,12-,13?/m1/s1. The summed E-state index contributed by atoms with van der Waals surface area (Å²) < 4.78 is 31.5. The van der Waals surface area contributed by atoms with Crippen molar-refractivity contribution in [1.82, 2.24) is 5.32 Å². The number of rotatable bonds is 4. The number of benzene rings is 1. The number of nitrogens with one attached hydrogen (secondary N) is 1. The highest BCUT2D eigenvalue weighted by atomic mass is 19.2. The Bertz CT molecular complexity index is 414. The molecule has 1 heterocycles. The van der Waals surface area contributed by atoms with Crippen LogP contribution in [0.15, 0.2) is 18.2 Å². The summed E-state index contributed by atoms with van der Waals surface area (Å²) in [5.74, 6) is -1.39. The van der Waals surface area contributed by atoms with Crippen molar-refractivity contribution < 1.29 is 13.5 Å². The van der Waals surface area contributed by atoms with Crippen molar-refractivity contribution in [3.63, 3.8) is 0 Å². The maximum Gasteiger partial charge on any atom is 0.159 e. The second-order valence-corrected chi connectivity index (χ2v) is 4.72. The molecule has 5 heteroatoms. The van der Waals surface area contributed by atoms with Crippen LogP contribution in [0.3, 0.4) is 0 Å². The zero-order valence-corrected chi connectivity index (χ0v) is 10.3. The van der Waals surface area contributed by atoms with Crippen LogP contribution >= 0.6 is 0 Å². The maximum atomic E-state index is 13.2. The lowest BCUT2D eigenvalue weighted by Gasteiger charge is -2.22. The van der Waals surface area contributed by atoms with Gasteiger partial charge < -0.3 is 15.8 Å². The van der Waals surface area contributed by atoms with E-state index in [1.54, 1.807) is 13.2 Å². The number of ether oxygens (including phenoxy) is 1.